The fraction of sp³-hybridized carbons (Fsp3) is 0.0952. The van der Waals surface area contributed by atoms with Crippen molar-refractivity contribution in [2.45, 2.75) is 13.0 Å². The first-order chi connectivity index (χ1) is 13.6. The summed E-state index contributed by atoms with van der Waals surface area (Å²) in [5.41, 5.74) is 2.37. The Balaban J connectivity index is 1.46. The number of anilines is 2. The number of fused-ring (bicyclic) bond motifs is 1. The van der Waals surface area contributed by atoms with Gasteiger partial charge in [-0.2, -0.15) is 0 Å². The Morgan fingerprint density at radius 1 is 1.07 bits per heavy atom. The van der Waals surface area contributed by atoms with E-state index in [0.29, 0.717) is 10.6 Å². The number of thiazole rings is 1. The Bertz CT molecular complexity index is 1170. The maximum atomic E-state index is 12.5. The molecule has 28 heavy (non-hydrogen) atoms. The lowest BCUT2D eigenvalue weighted by molar-refractivity contribution is 0.102. The first kappa shape index (κ1) is 17.9. The van der Waals surface area contributed by atoms with Crippen molar-refractivity contribution in [3.63, 3.8) is 0 Å². The highest BCUT2D eigenvalue weighted by molar-refractivity contribution is 7.15. The van der Waals surface area contributed by atoms with Crippen molar-refractivity contribution in [3.05, 3.63) is 93.9 Å². The molecule has 140 valence electrons. The molecule has 2 aromatic heterocycles. The largest absolute Gasteiger partial charge is 0.379 e. The number of hydrogen-bond donors (Lipinski definition) is 2. The van der Waals surface area contributed by atoms with Crippen LogP contribution in [0, 0.1) is 0 Å². The van der Waals surface area contributed by atoms with Crippen LogP contribution in [0.5, 0.6) is 0 Å². The van der Waals surface area contributed by atoms with Gasteiger partial charge < -0.3 is 10.6 Å². The quantitative estimate of drug-likeness (QED) is 0.536. The molecule has 2 heterocycles. The summed E-state index contributed by atoms with van der Waals surface area (Å²) in [6.07, 6.45) is 2.93. The molecule has 7 heteroatoms. The topological polar surface area (TPSA) is 75.5 Å². The molecule has 0 aliphatic heterocycles. The van der Waals surface area contributed by atoms with Crippen LogP contribution in [0.1, 0.15) is 28.9 Å². The molecule has 0 bridgehead atoms. The fourth-order valence-electron chi connectivity index (χ4n) is 2.90. The lowest BCUT2D eigenvalue weighted by Gasteiger charge is -2.16. The zero-order chi connectivity index (χ0) is 19.5. The van der Waals surface area contributed by atoms with E-state index in [1.165, 1.54) is 27.5 Å². The monoisotopic (exact) mass is 390 g/mol. The number of aromatic nitrogens is 2. The van der Waals surface area contributed by atoms with Crippen LogP contribution < -0.4 is 16.2 Å². The average molecular weight is 390 g/mol. The van der Waals surface area contributed by atoms with E-state index in [-0.39, 0.29) is 17.2 Å². The van der Waals surface area contributed by atoms with E-state index in [9.17, 15) is 9.59 Å². The maximum absolute atomic E-state index is 12.5. The SMILES string of the molecule is CC(Nc1ccc(NC(=O)c2cnc3sccn3c2=O)cc1)c1ccccc1. The number of amides is 1. The summed E-state index contributed by atoms with van der Waals surface area (Å²) in [6, 6.07) is 17.7. The van der Waals surface area contributed by atoms with Crippen LogP contribution in [-0.2, 0) is 0 Å². The minimum atomic E-state index is -0.475. The van der Waals surface area contributed by atoms with E-state index in [1.54, 1.807) is 23.7 Å². The van der Waals surface area contributed by atoms with Crippen LogP contribution in [0.2, 0.25) is 0 Å². The molecule has 2 aromatic carbocycles. The van der Waals surface area contributed by atoms with Gasteiger partial charge in [-0.25, -0.2) is 4.98 Å². The molecule has 2 N–H and O–H groups in total. The normalized spacial score (nSPS) is 11.9. The zero-order valence-corrected chi connectivity index (χ0v) is 15.9. The third-order valence-electron chi connectivity index (χ3n) is 4.41. The van der Waals surface area contributed by atoms with Gasteiger partial charge in [0, 0.05) is 35.2 Å². The van der Waals surface area contributed by atoms with E-state index in [1.807, 2.05) is 30.3 Å². The highest BCUT2D eigenvalue weighted by atomic mass is 32.1. The van der Waals surface area contributed by atoms with Crippen LogP contribution in [-0.4, -0.2) is 15.3 Å². The van der Waals surface area contributed by atoms with E-state index in [2.05, 4.69) is 34.7 Å². The molecule has 0 saturated heterocycles. The van der Waals surface area contributed by atoms with Crippen LogP contribution in [0.25, 0.3) is 4.96 Å². The van der Waals surface area contributed by atoms with Crippen molar-refractivity contribution in [1.29, 1.82) is 0 Å². The summed E-state index contributed by atoms with van der Waals surface area (Å²) in [7, 11) is 0. The smallest absolute Gasteiger partial charge is 0.271 e. The highest BCUT2D eigenvalue weighted by Gasteiger charge is 2.14. The molecule has 0 radical (unpaired) electrons. The molecule has 4 aromatic rings. The number of hydrogen-bond acceptors (Lipinski definition) is 5. The van der Waals surface area contributed by atoms with Crippen molar-refractivity contribution >= 4 is 33.6 Å². The summed E-state index contributed by atoms with van der Waals surface area (Å²) >= 11 is 1.34. The third kappa shape index (κ3) is 3.65. The molecular weight excluding hydrogens is 372 g/mol. The molecule has 1 unspecified atom stereocenters. The van der Waals surface area contributed by atoms with Gasteiger partial charge in [0.25, 0.3) is 11.5 Å². The number of carbonyl (C=O) groups is 1. The average Bonchev–Trinajstić information content (AvgIpc) is 3.20. The third-order valence-corrected chi connectivity index (χ3v) is 5.18. The van der Waals surface area contributed by atoms with Crippen molar-refractivity contribution in [2.24, 2.45) is 0 Å². The number of nitrogens with one attached hydrogen (secondary N) is 2. The summed E-state index contributed by atoms with van der Waals surface area (Å²) in [5.74, 6) is -0.475. The summed E-state index contributed by atoms with van der Waals surface area (Å²) in [4.78, 5) is 29.6. The minimum absolute atomic E-state index is 0.0100. The van der Waals surface area contributed by atoms with Crippen molar-refractivity contribution in [3.8, 4) is 0 Å². The van der Waals surface area contributed by atoms with Crippen molar-refractivity contribution in [2.75, 3.05) is 10.6 Å². The van der Waals surface area contributed by atoms with Gasteiger partial charge in [0.2, 0.25) is 0 Å². The van der Waals surface area contributed by atoms with Gasteiger partial charge in [0.05, 0.1) is 0 Å². The standard InChI is InChI=1S/C21H18N4O2S/c1-14(15-5-3-2-4-6-15)23-16-7-9-17(10-8-16)24-19(26)18-13-22-21-25(20(18)27)11-12-28-21/h2-14,23H,1H3,(H,24,26). The van der Waals surface area contributed by atoms with Crippen LogP contribution in [0.15, 0.2) is 77.2 Å². The molecule has 0 saturated carbocycles. The number of carbonyl (C=O) groups excluding carboxylic acids is 1. The number of benzene rings is 2. The Morgan fingerprint density at radius 2 is 1.79 bits per heavy atom. The molecule has 6 nitrogen and oxygen atoms in total. The van der Waals surface area contributed by atoms with Gasteiger partial charge >= 0.3 is 0 Å². The predicted octanol–water partition coefficient (Wildman–Crippen LogP) is 4.18. The van der Waals surface area contributed by atoms with Crippen molar-refractivity contribution in [1.82, 2.24) is 9.38 Å². The molecule has 0 spiro atoms. The second-order valence-corrected chi connectivity index (χ2v) is 7.21. The van der Waals surface area contributed by atoms with E-state index < -0.39 is 5.91 Å². The second kappa shape index (κ2) is 7.66. The van der Waals surface area contributed by atoms with E-state index >= 15 is 0 Å². The Morgan fingerprint density at radius 3 is 2.54 bits per heavy atom. The van der Waals surface area contributed by atoms with Crippen molar-refractivity contribution < 1.29 is 4.79 Å². The van der Waals surface area contributed by atoms with Gasteiger partial charge in [-0.15, -0.1) is 11.3 Å². The molecule has 4 rings (SSSR count). The Labute approximate surface area is 165 Å². The second-order valence-electron chi connectivity index (χ2n) is 6.34. The van der Waals surface area contributed by atoms with Gasteiger partial charge in [0.15, 0.2) is 4.96 Å². The first-order valence-electron chi connectivity index (χ1n) is 8.79. The van der Waals surface area contributed by atoms with Crippen LogP contribution in [0.3, 0.4) is 0 Å². The summed E-state index contributed by atoms with van der Waals surface area (Å²) in [5, 5.41) is 7.93. The lowest BCUT2D eigenvalue weighted by atomic mass is 10.1. The maximum Gasteiger partial charge on any atom is 0.271 e. The van der Waals surface area contributed by atoms with Gasteiger partial charge in [-0.1, -0.05) is 30.3 Å². The zero-order valence-electron chi connectivity index (χ0n) is 15.1. The van der Waals surface area contributed by atoms with Gasteiger partial charge in [-0.3, -0.25) is 14.0 Å². The predicted molar refractivity (Wildman–Crippen MR) is 112 cm³/mol. The fourth-order valence-corrected chi connectivity index (χ4v) is 3.58. The van der Waals surface area contributed by atoms with Gasteiger partial charge in [-0.05, 0) is 36.8 Å². The number of nitrogens with zero attached hydrogens (tertiary/aromatic N) is 2. The Kier molecular flexibility index (Phi) is 4.90. The van der Waals surface area contributed by atoms with Gasteiger partial charge in [0.1, 0.15) is 5.56 Å². The van der Waals surface area contributed by atoms with E-state index in [4.69, 9.17) is 0 Å². The molecule has 0 aliphatic rings. The minimum Gasteiger partial charge on any atom is -0.379 e. The molecular formula is C21H18N4O2S. The van der Waals surface area contributed by atoms with E-state index in [0.717, 1.165) is 5.69 Å². The Hall–Kier alpha value is -3.45. The molecule has 0 fully saturated rings. The summed E-state index contributed by atoms with van der Waals surface area (Å²) in [6.45, 7) is 2.09. The number of rotatable bonds is 5. The molecule has 1 amide bonds. The first-order valence-corrected chi connectivity index (χ1v) is 9.67. The highest BCUT2D eigenvalue weighted by Crippen LogP contribution is 2.21. The van der Waals surface area contributed by atoms with Crippen LogP contribution >= 0.6 is 11.3 Å². The molecule has 1 atom stereocenters. The molecule has 0 aliphatic carbocycles. The van der Waals surface area contributed by atoms with Crippen LogP contribution in [0.4, 0.5) is 11.4 Å². The lowest BCUT2D eigenvalue weighted by Crippen LogP contribution is -2.25. The summed E-state index contributed by atoms with van der Waals surface area (Å²) < 4.78 is 1.37.